The second-order valence-electron chi connectivity index (χ2n) is 7.93. The molecule has 8 heteroatoms. The van der Waals surface area contributed by atoms with Gasteiger partial charge >= 0.3 is 0 Å². The van der Waals surface area contributed by atoms with Crippen LogP contribution in [0.2, 0.25) is 0 Å². The summed E-state index contributed by atoms with van der Waals surface area (Å²) in [5.74, 6) is 0.766. The summed E-state index contributed by atoms with van der Waals surface area (Å²) in [7, 11) is 3.94. The molecular weight excluding hydrogens is 380 g/mol. The molecule has 0 aliphatic rings. The second-order valence-corrected chi connectivity index (χ2v) is 7.93. The highest BCUT2D eigenvalue weighted by Gasteiger charge is 2.17. The molecule has 2 heterocycles. The van der Waals surface area contributed by atoms with E-state index in [4.69, 9.17) is 0 Å². The number of anilines is 1. The van der Waals surface area contributed by atoms with Crippen molar-refractivity contribution in [3.05, 3.63) is 48.4 Å². The number of aliphatic hydroxyl groups excluding tert-OH is 1. The first-order valence-corrected chi connectivity index (χ1v) is 10.1. The van der Waals surface area contributed by atoms with Gasteiger partial charge in [-0.15, -0.1) is 0 Å². The number of nitrogens with zero attached hydrogens (tertiary/aromatic N) is 4. The summed E-state index contributed by atoms with van der Waals surface area (Å²) < 4.78 is 1.94. The Kier molecular flexibility index (Phi) is 7.02. The maximum absolute atomic E-state index is 12.5. The molecule has 1 aromatic carbocycles. The van der Waals surface area contributed by atoms with Gasteiger partial charge in [0, 0.05) is 36.6 Å². The van der Waals surface area contributed by atoms with Gasteiger partial charge in [0.1, 0.15) is 0 Å². The molecule has 8 nitrogen and oxygen atoms in total. The maximum atomic E-state index is 12.5. The highest BCUT2D eigenvalue weighted by molar-refractivity contribution is 5.95. The smallest absolute Gasteiger partial charge is 0.251 e. The van der Waals surface area contributed by atoms with Crippen molar-refractivity contribution in [1.82, 2.24) is 24.6 Å². The molecule has 0 aliphatic carbocycles. The van der Waals surface area contributed by atoms with Gasteiger partial charge in [-0.3, -0.25) is 9.20 Å². The van der Waals surface area contributed by atoms with Crippen LogP contribution in [0, 0.1) is 5.92 Å². The summed E-state index contributed by atoms with van der Waals surface area (Å²) in [5.41, 5.74) is 3.03. The largest absolute Gasteiger partial charge is 0.394 e. The number of imidazole rings is 1. The van der Waals surface area contributed by atoms with Crippen molar-refractivity contribution in [2.45, 2.75) is 19.9 Å². The minimum atomic E-state index is -0.113. The molecule has 0 spiro atoms. The Morgan fingerprint density at radius 2 is 2.07 bits per heavy atom. The lowest BCUT2D eigenvalue weighted by molar-refractivity contribution is 0.0951. The first-order valence-electron chi connectivity index (χ1n) is 10.1. The fourth-order valence-corrected chi connectivity index (χ4v) is 3.15. The summed E-state index contributed by atoms with van der Waals surface area (Å²) in [6.45, 7) is 5.47. The molecule has 1 unspecified atom stereocenters. The van der Waals surface area contributed by atoms with Crippen molar-refractivity contribution >= 4 is 17.4 Å². The molecule has 3 rings (SSSR count). The van der Waals surface area contributed by atoms with Gasteiger partial charge in [0.25, 0.3) is 5.91 Å². The van der Waals surface area contributed by atoms with Gasteiger partial charge in [-0.2, -0.15) is 0 Å². The second kappa shape index (κ2) is 9.69. The van der Waals surface area contributed by atoms with E-state index in [1.807, 2.05) is 61.6 Å². The molecule has 0 aliphatic heterocycles. The molecule has 0 saturated heterocycles. The van der Waals surface area contributed by atoms with Crippen LogP contribution >= 0.6 is 0 Å². The molecule has 3 N–H and O–H groups in total. The molecule has 1 amide bonds. The van der Waals surface area contributed by atoms with Crippen molar-refractivity contribution in [1.29, 1.82) is 0 Å². The lowest BCUT2D eigenvalue weighted by Gasteiger charge is -2.20. The predicted molar refractivity (Wildman–Crippen MR) is 119 cm³/mol. The van der Waals surface area contributed by atoms with Crippen molar-refractivity contribution in [3.63, 3.8) is 0 Å². The number of amides is 1. The average Bonchev–Trinajstić information content (AvgIpc) is 3.16. The number of hydrogen-bond donors (Lipinski definition) is 3. The summed E-state index contributed by atoms with van der Waals surface area (Å²) in [6, 6.07) is 7.39. The fraction of sp³-hybridized carbons (Fsp3) is 0.409. The number of benzene rings is 1. The fourth-order valence-electron chi connectivity index (χ4n) is 3.15. The molecular formula is C22H30N6O2. The monoisotopic (exact) mass is 410 g/mol. The summed E-state index contributed by atoms with van der Waals surface area (Å²) >= 11 is 0. The van der Waals surface area contributed by atoms with Crippen LogP contribution in [-0.4, -0.2) is 70.1 Å². The molecule has 160 valence electrons. The van der Waals surface area contributed by atoms with Crippen LogP contribution in [0.3, 0.4) is 0 Å². The Hall–Kier alpha value is -2.97. The number of aromatic nitrogens is 3. The Bertz CT molecular complexity index is 998. The number of carbonyl (C=O) groups excluding carboxylic acids is 1. The normalized spacial score (nSPS) is 12.5. The van der Waals surface area contributed by atoms with Gasteiger partial charge in [-0.25, -0.2) is 9.97 Å². The van der Waals surface area contributed by atoms with E-state index >= 15 is 0 Å². The minimum Gasteiger partial charge on any atom is -0.394 e. The molecule has 0 radical (unpaired) electrons. The highest BCUT2D eigenvalue weighted by atomic mass is 16.3. The van der Waals surface area contributed by atoms with Crippen molar-refractivity contribution in [3.8, 4) is 11.3 Å². The van der Waals surface area contributed by atoms with Crippen molar-refractivity contribution in [2.75, 3.05) is 39.1 Å². The van der Waals surface area contributed by atoms with Gasteiger partial charge < -0.3 is 20.6 Å². The van der Waals surface area contributed by atoms with E-state index in [-0.39, 0.29) is 24.5 Å². The number of hydrogen-bond acceptors (Lipinski definition) is 6. The van der Waals surface area contributed by atoms with Gasteiger partial charge in [-0.1, -0.05) is 26.0 Å². The Morgan fingerprint density at radius 1 is 1.27 bits per heavy atom. The third-order valence-corrected chi connectivity index (χ3v) is 5.02. The zero-order chi connectivity index (χ0) is 21.7. The zero-order valence-corrected chi connectivity index (χ0v) is 18.0. The van der Waals surface area contributed by atoms with Crippen LogP contribution in [0.25, 0.3) is 16.9 Å². The lowest BCUT2D eigenvalue weighted by Crippen LogP contribution is -2.31. The topological polar surface area (TPSA) is 94.8 Å². The molecule has 3 aromatic rings. The maximum Gasteiger partial charge on any atom is 0.251 e. The first kappa shape index (κ1) is 21.7. The number of aliphatic hydroxyl groups is 1. The Balaban J connectivity index is 1.87. The van der Waals surface area contributed by atoms with Crippen LogP contribution in [0.5, 0.6) is 0 Å². The van der Waals surface area contributed by atoms with Crippen LogP contribution < -0.4 is 10.6 Å². The third-order valence-electron chi connectivity index (χ3n) is 5.02. The van der Waals surface area contributed by atoms with Gasteiger partial charge in [0.05, 0.1) is 24.5 Å². The summed E-state index contributed by atoms with van der Waals surface area (Å²) in [6.07, 6.45) is 5.32. The predicted octanol–water partition coefficient (Wildman–Crippen LogP) is 2.12. The molecule has 30 heavy (non-hydrogen) atoms. The quantitative estimate of drug-likeness (QED) is 0.500. The van der Waals surface area contributed by atoms with Gasteiger partial charge in [0.15, 0.2) is 11.5 Å². The number of nitrogens with one attached hydrogen (secondary N) is 2. The number of carbonyl (C=O) groups is 1. The third kappa shape index (κ3) is 4.95. The van der Waals surface area contributed by atoms with E-state index in [9.17, 15) is 9.90 Å². The minimum absolute atomic E-state index is 0.0128. The van der Waals surface area contributed by atoms with Crippen LogP contribution in [0.1, 0.15) is 24.2 Å². The van der Waals surface area contributed by atoms with Crippen LogP contribution in [0.4, 0.5) is 5.82 Å². The molecule has 2 aromatic heterocycles. The number of rotatable bonds is 9. The lowest BCUT2D eigenvalue weighted by atomic mass is 10.1. The van der Waals surface area contributed by atoms with E-state index in [1.54, 1.807) is 18.5 Å². The van der Waals surface area contributed by atoms with E-state index in [2.05, 4.69) is 20.6 Å². The molecule has 0 fully saturated rings. The first-order chi connectivity index (χ1) is 14.4. The number of likely N-dealkylation sites (N-methyl/N-ethyl adjacent to an activating group) is 1. The average molecular weight is 411 g/mol. The van der Waals surface area contributed by atoms with E-state index in [0.717, 1.165) is 17.8 Å². The molecule has 1 atom stereocenters. The van der Waals surface area contributed by atoms with Crippen LogP contribution in [-0.2, 0) is 0 Å². The number of fused-ring (bicyclic) bond motifs is 1. The highest BCUT2D eigenvalue weighted by Crippen LogP contribution is 2.25. The Morgan fingerprint density at radius 3 is 2.77 bits per heavy atom. The summed E-state index contributed by atoms with van der Waals surface area (Å²) in [5, 5.41) is 15.9. The van der Waals surface area contributed by atoms with E-state index in [1.165, 1.54) is 0 Å². The van der Waals surface area contributed by atoms with Crippen molar-refractivity contribution < 1.29 is 9.90 Å². The van der Waals surface area contributed by atoms with Crippen LogP contribution in [0.15, 0.2) is 42.9 Å². The van der Waals surface area contributed by atoms with Gasteiger partial charge in [0.2, 0.25) is 0 Å². The standard InChI is InChI=1S/C22H30N6O2/c1-15(2)18(14-29)26-20-21-25-13-19(28(21)11-9-23-20)16-6-5-7-17(12-16)22(30)24-8-10-27(3)4/h5-7,9,11-13,15,18,29H,8,10,14H2,1-4H3,(H,23,26)(H,24,30). The SMILES string of the molecule is CC(C)C(CO)Nc1nccn2c(-c3cccc(C(=O)NCCN(C)C)c3)cnc12. The molecule has 0 bridgehead atoms. The molecule has 0 saturated carbocycles. The van der Waals surface area contributed by atoms with Crippen molar-refractivity contribution in [2.24, 2.45) is 5.92 Å². The van der Waals surface area contributed by atoms with E-state index < -0.39 is 0 Å². The summed E-state index contributed by atoms with van der Waals surface area (Å²) in [4.78, 5) is 23.5. The Labute approximate surface area is 177 Å². The van der Waals surface area contributed by atoms with Gasteiger partial charge in [-0.05, 0) is 32.1 Å². The zero-order valence-electron chi connectivity index (χ0n) is 18.0. The van der Waals surface area contributed by atoms with E-state index in [0.29, 0.717) is 23.6 Å².